The van der Waals surface area contributed by atoms with Gasteiger partial charge in [-0.05, 0) is 12.1 Å². The number of ether oxygens (including phenoxy) is 2. The van der Waals surface area contributed by atoms with E-state index in [0.29, 0.717) is 0 Å². The van der Waals surface area contributed by atoms with Crippen molar-refractivity contribution in [3.05, 3.63) is 12.1 Å². The second-order valence-corrected chi connectivity index (χ2v) is 4.87. The van der Waals surface area contributed by atoms with E-state index in [1.807, 2.05) is 0 Å². The Morgan fingerprint density at radius 2 is 2.16 bits per heavy atom. The number of fused-ring (bicyclic) bond motifs is 1. The molecule has 3 N–H and O–H groups in total. The average Bonchev–Trinajstić information content (AvgIpc) is 2.85. The third kappa shape index (κ3) is 3.02. The molecule has 0 spiro atoms. The van der Waals surface area contributed by atoms with Crippen molar-refractivity contribution in [3.63, 3.8) is 0 Å². The molecule has 0 saturated carbocycles. The highest BCUT2D eigenvalue weighted by molar-refractivity contribution is 5.98. The van der Waals surface area contributed by atoms with Crippen LogP contribution in [0.2, 0.25) is 0 Å². The number of anilines is 1. The molecule has 132 valence electrons. The number of nitrogens with two attached hydrogens (primary N) is 1. The lowest BCUT2D eigenvalue weighted by molar-refractivity contribution is -0.197. The number of carbonyl (C=O) groups is 2. The molecule has 2 aromatic rings. The number of hydrogen-bond acceptors (Lipinski definition) is 7. The lowest BCUT2D eigenvalue weighted by Gasteiger charge is -2.26. The number of halogens is 3. The molecule has 0 aliphatic carbocycles. The zero-order valence-electron chi connectivity index (χ0n) is 12.4. The van der Waals surface area contributed by atoms with E-state index in [0.717, 1.165) is 4.68 Å². The summed E-state index contributed by atoms with van der Waals surface area (Å²) in [5.74, 6) is -1.98. The minimum atomic E-state index is -4.91. The maximum atomic E-state index is 12.8. The number of nitrogens with one attached hydrogen (secondary N) is 1. The molecule has 3 rings (SSSR count). The summed E-state index contributed by atoms with van der Waals surface area (Å²) >= 11 is 0. The Labute approximate surface area is 136 Å². The normalized spacial score (nSPS) is 16.6. The Morgan fingerprint density at radius 3 is 2.80 bits per heavy atom. The fourth-order valence-corrected chi connectivity index (χ4v) is 2.06. The van der Waals surface area contributed by atoms with Crippen molar-refractivity contribution in [1.82, 2.24) is 20.0 Å². The number of hydrogen-bond donors (Lipinski definition) is 2. The molecule has 0 radical (unpaired) electrons. The fraction of sp³-hybridized carbons (Fsp3) is 0.250. The lowest BCUT2D eigenvalue weighted by Crippen LogP contribution is -2.47. The van der Waals surface area contributed by atoms with E-state index in [4.69, 9.17) is 10.5 Å². The van der Waals surface area contributed by atoms with Gasteiger partial charge in [0.1, 0.15) is 11.4 Å². The van der Waals surface area contributed by atoms with Crippen LogP contribution in [0.25, 0.3) is 11.4 Å². The summed E-state index contributed by atoms with van der Waals surface area (Å²) in [5.41, 5.74) is 4.85. The van der Waals surface area contributed by atoms with Gasteiger partial charge < -0.3 is 20.5 Å². The van der Waals surface area contributed by atoms with E-state index >= 15 is 0 Å². The van der Waals surface area contributed by atoms with Crippen molar-refractivity contribution < 1.29 is 32.2 Å². The molecule has 0 bridgehead atoms. The lowest BCUT2D eigenvalue weighted by atomic mass is 10.2. The van der Waals surface area contributed by atoms with E-state index in [9.17, 15) is 22.8 Å². The number of alkyl halides is 3. The van der Waals surface area contributed by atoms with Crippen molar-refractivity contribution in [2.45, 2.75) is 12.3 Å². The average molecular weight is 358 g/mol. The second kappa shape index (κ2) is 5.61. The summed E-state index contributed by atoms with van der Waals surface area (Å²) in [7, 11) is 1.41. The quantitative estimate of drug-likeness (QED) is 0.802. The number of rotatable bonds is 2. The Balaban J connectivity index is 2.00. The van der Waals surface area contributed by atoms with Gasteiger partial charge in [0.15, 0.2) is 5.69 Å². The van der Waals surface area contributed by atoms with Gasteiger partial charge in [-0.15, -0.1) is 5.10 Å². The number of aryl methyl sites for hydroxylation is 1. The van der Waals surface area contributed by atoms with E-state index in [1.54, 1.807) is 0 Å². The molecule has 0 saturated heterocycles. The van der Waals surface area contributed by atoms with Crippen molar-refractivity contribution in [1.29, 1.82) is 0 Å². The van der Waals surface area contributed by atoms with E-state index < -0.39 is 30.2 Å². The molecule has 1 atom stereocenters. The van der Waals surface area contributed by atoms with E-state index in [2.05, 4.69) is 25.3 Å². The van der Waals surface area contributed by atoms with Crippen molar-refractivity contribution in [2.75, 3.05) is 5.32 Å². The number of pyridine rings is 1. The summed E-state index contributed by atoms with van der Waals surface area (Å²) in [4.78, 5) is 26.3. The van der Waals surface area contributed by atoms with Gasteiger partial charge in [0, 0.05) is 7.05 Å². The maximum absolute atomic E-state index is 12.8. The summed E-state index contributed by atoms with van der Waals surface area (Å²) < 4.78 is 48.9. The molecular weight excluding hydrogens is 349 g/mol. The largest absolute Gasteiger partial charge is 0.453 e. The Kier molecular flexibility index (Phi) is 3.70. The molecule has 1 aliphatic rings. The highest BCUT2D eigenvalue weighted by Crippen LogP contribution is 2.36. The molecule has 1 aliphatic heterocycles. The topological polar surface area (TPSA) is 134 Å². The number of carbonyl (C=O) groups excluding carboxylic acids is 2. The second-order valence-electron chi connectivity index (χ2n) is 4.87. The first-order chi connectivity index (χ1) is 11.7. The number of aromatic nitrogens is 4. The summed E-state index contributed by atoms with van der Waals surface area (Å²) in [5, 5.41) is 9.41. The molecule has 1 unspecified atom stereocenters. The van der Waals surface area contributed by atoms with Gasteiger partial charge in [-0.25, -0.2) is 14.5 Å². The SMILES string of the molecule is Cn1nnc(-c2ccc3c(n2)OC(C(F)(F)F)C(=O)N3)c1OC(N)=O. The Bertz CT molecular complexity index is 865. The van der Waals surface area contributed by atoms with Crippen LogP contribution in [0.3, 0.4) is 0 Å². The third-order valence-electron chi connectivity index (χ3n) is 3.10. The number of primary amides is 1. The van der Waals surface area contributed by atoms with Crippen LogP contribution < -0.4 is 20.5 Å². The van der Waals surface area contributed by atoms with Gasteiger partial charge in [-0.2, -0.15) is 13.2 Å². The van der Waals surface area contributed by atoms with E-state index in [1.165, 1.54) is 19.2 Å². The molecule has 13 heteroatoms. The third-order valence-corrected chi connectivity index (χ3v) is 3.10. The van der Waals surface area contributed by atoms with Crippen LogP contribution in [0.15, 0.2) is 12.1 Å². The van der Waals surface area contributed by atoms with Crippen LogP contribution in [-0.4, -0.2) is 44.3 Å². The van der Waals surface area contributed by atoms with Gasteiger partial charge in [0.05, 0.1) is 0 Å². The van der Waals surface area contributed by atoms with Gasteiger partial charge in [-0.1, -0.05) is 5.21 Å². The standard InChI is InChI=1S/C12H9F3N6O4/c1-21-10(25-11(16)23)6(19-20-21)4-2-3-5-9(18-4)24-7(8(22)17-5)12(13,14)15/h2-3,7H,1H3,(H2,16,23)(H,17,22). The van der Waals surface area contributed by atoms with Crippen LogP contribution in [-0.2, 0) is 11.8 Å². The molecular formula is C12H9F3N6O4. The fourth-order valence-electron chi connectivity index (χ4n) is 2.06. The predicted octanol–water partition coefficient (Wildman–Crippen LogP) is 0.596. The molecule has 2 amide bonds. The van der Waals surface area contributed by atoms with Crippen LogP contribution in [0.4, 0.5) is 23.7 Å². The predicted molar refractivity (Wildman–Crippen MR) is 73.5 cm³/mol. The molecule has 25 heavy (non-hydrogen) atoms. The first-order valence-corrected chi connectivity index (χ1v) is 6.59. The first-order valence-electron chi connectivity index (χ1n) is 6.59. The molecule has 3 heterocycles. The van der Waals surface area contributed by atoms with Gasteiger partial charge in [0.2, 0.25) is 5.88 Å². The Morgan fingerprint density at radius 1 is 1.44 bits per heavy atom. The smallest absolute Gasteiger partial charge is 0.434 e. The zero-order valence-corrected chi connectivity index (χ0v) is 12.4. The number of amides is 2. The maximum Gasteiger partial charge on any atom is 0.434 e. The first kappa shape index (κ1) is 16.5. The minimum absolute atomic E-state index is 0.000161. The highest BCUT2D eigenvalue weighted by Gasteiger charge is 2.50. The van der Waals surface area contributed by atoms with Crippen molar-refractivity contribution in [2.24, 2.45) is 12.8 Å². The van der Waals surface area contributed by atoms with Crippen molar-refractivity contribution >= 4 is 17.7 Å². The molecule has 0 aromatic carbocycles. The summed E-state index contributed by atoms with van der Waals surface area (Å²) in [6.07, 6.45) is -8.73. The van der Waals surface area contributed by atoms with Gasteiger partial charge in [0.25, 0.3) is 17.9 Å². The Hall–Kier alpha value is -3.38. The van der Waals surface area contributed by atoms with Crippen LogP contribution in [0, 0.1) is 0 Å². The van der Waals surface area contributed by atoms with Crippen LogP contribution in [0.1, 0.15) is 0 Å². The minimum Gasteiger partial charge on any atom is -0.453 e. The van der Waals surface area contributed by atoms with Gasteiger partial charge in [-0.3, -0.25) is 4.79 Å². The molecule has 0 fully saturated rings. The molecule has 2 aromatic heterocycles. The van der Waals surface area contributed by atoms with Crippen LogP contribution in [0.5, 0.6) is 11.8 Å². The van der Waals surface area contributed by atoms with Gasteiger partial charge >= 0.3 is 12.3 Å². The van der Waals surface area contributed by atoms with Crippen molar-refractivity contribution in [3.8, 4) is 23.1 Å². The summed E-state index contributed by atoms with van der Waals surface area (Å²) in [6.45, 7) is 0. The summed E-state index contributed by atoms with van der Waals surface area (Å²) in [6, 6.07) is 2.60. The number of nitrogens with zero attached hydrogens (tertiary/aromatic N) is 4. The van der Waals surface area contributed by atoms with Crippen LogP contribution >= 0.6 is 0 Å². The molecule has 10 nitrogen and oxygen atoms in total. The van der Waals surface area contributed by atoms with E-state index in [-0.39, 0.29) is 23.0 Å². The highest BCUT2D eigenvalue weighted by atomic mass is 19.4. The monoisotopic (exact) mass is 358 g/mol. The zero-order chi connectivity index (χ0) is 18.4.